The van der Waals surface area contributed by atoms with Crippen LogP contribution in [0, 0.1) is 0 Å². The van der Waals surface area contributed by atoms with E-state index in [2.05, 4.69) is 30.4 Å². The van der Waals surface area contributed by atoms with Crippen molar-refractivity contribution in [1.29, 1.82) is 0 Å². The predicted octanol–water partition coefficient (Wildman–Crippen LogP) is 4.59. The summed E-state index contributed by atoms with van der Waals surface area (Å²) in [6, 6.07) is 5.93. The minimum Gasteiger partial charge on any atom is -0.348 e. The summed E-state index contributed by atoms with van der Waals surface area (Å²) in [5, 5.41) is 15.3. The summed E-state index contributed by atoms with van der Waals surface area (Å²) in [6.45, 7) is 5.13. The number of halogens is 5. The van der Waals surface area contributed by atoms with Crippen LogP contribution in [0.2, 0.25) is 0 Å². The largest absolute Gasteiger partial charge is 0.442 e. The highest BCUT2D eigenvalue weighted by atomic mass is 19.4. The number of hydrogen-bond donors (Lipinski definition) is 0. The summed E-state index contributed by atoms with van der Waals surface area (Å²) >= 11 is 0. The fourth-order valence-electron chi connectivity index (χ4n) is 3.96. The summed E-state index contributed by atoms with van der Waals surface area (Å²) in [4.78, 5) is 11.6. The van der Waals surface area contributed by atoms with Crippen molar-refractivity contribution in [3.05, 3.63) is 41.2 Å². The average molecular weight is 480 g/mol. The van der Waals surface area contributed by atoms with Gasteiger partial charge in [-0.3, -0.25) is 0 Å². The Balaban J connectivity index is 1.57. The molecule has 5 rings (SSSR count). The summed E-state index contributed by atoms with van der Waals surface area (Å²) in [6.07, 6.45) is -4.98. The van der Waals surface area contributed by atoms with Crippen LogP contribution in [0.15, 0.2) is 34.5 Å². The molecule has 0 atom stereocenters. The van der Waals surface area contributed by atoms with Gasteiger partial charge in [0.05, 0.1) is 13.1 Å². The van der Waals surface area contributed by atoms with Crippen molar-refractivity contribution in [3.8, 4) is 0 Å². The molecular formula is C21H21F5N8. The van der Waals surface area contributed by atoms with E-state index in [1.165, 1.54) is 27.9 Å². The normalized spacial score (nSPS) is 19.2. The molecule has 0 spiro atoms. The van der Waals surface area contributed by atoms with E-state index in [1.54, 1.807) is 6.07 Å². The van der Waals surface area contributed by atoms with Gasteiger partial charge in [-0.05, 0) is 5.56 Å². The van der Waals surface area contributed by atoms with E-state index in [1.807, 2.05) is 20.8 Å². The Labute approximate surface area is 190 Å². The third-order valence-electron chi connectivity index (χ3n) is 5.81. The van der Waals surface area contributed by atoms with Crippen LogP contribution in [0.3, 0.4) is 0 Å². The zero-order valence-electron chi connectivity index (χ0n) is 18.6. The van der Waals surface area contributed by atoms with Crippen molar-refractivity contribution in [1.82, 2.24) is 25.0 Å². The van der Waals surface area contributed by atoms with E-state index in [0.717, 1.165) is 0 Å². The minimum absolute atomic E-state index is 0.0928. The van der Waals surface area contributed by atoms with Crippen molar-refractivity contribution in [2.45, 2.75) is 56.9 Å². The monoisotopic (exact) mass is 480 g/mol. The first-order valence-electron chi connectivity index (χ1n) is 10.6. The molecule has 0 saturated carbocycles. The maximum atomic E-state index is 13.9. The molecule has 4 heterocycles. The third-order valence-corrected chi connectivity index (χ3v) is 5.81. The molecule has 0 aliphatic carbocycles. The maximum absolute atomic E-state index is 13.9. The Morgan fingerprint density at radius 2 is 1.71 bits per heavy atom. The van der Waals surface area contributed by atoms with Gasteiger partial charge in [-0.1, -0.05) is 45.0 Å². The zero-order chi connectivity index (χ0) is 24.5. The molecule has 8 nitrogen and oxygen atoms in total. The zero-order valence-corrected chi connectivity index (χ0v) is 18.6. The summed E-state index contributed by atoms with van der Waals surface area (Å²) in [7, 11) is 0. The molecule has 0 radical (unpaired) electrons. The second-order valence-electron chi connectivity index (χ2n) is 9.58. The quantitative estimate of drug-likeness (QED) is 0.510. The van der Waals surface area contributed by atoms with Crippen LogP contribution in [0.5, 0.6) is 0 Å². The van der Waals surface area contributed by atoms with Crippen molar-refractivity contribution in [3.63, 3.8) is 0 Å². The van der Waals surface area contributed by atoms with Gasteiger partial charge < -0.3 is 4.90 Å². The molecule has 3 aromatic rings. The number of fused-ring (bicyclic) bond motifs is 1. The molecule has 34 heavy (non-hydrogen) atoms. The van der Waals surface area contributed by atoms with E-state index in [4.69, 9.17) is 0 Å². The number of anilines is 1. The van der Waals surface area contributed by atoms with E-state index in [-0.39, 0.29) is 47.6 Å². The van der Waals surface area contributed by atoms with Crippen molar-refractivity contribution >= 4 is 17.0 Å². The highest BCUT2D eigenvalue weighted by Crippen LogP contribution is 2.53. The molecule has 1 aromatic carbocycles. The van der Waals surface area contributed by atoms with Crippen molar-refractivity contribution in [2.75, 3.05) is 18.0 Å². The predicted molar refractivity (Wildman–Crippen MR) is 112 cm³/mol. The number of hydrogen-bond acceptors (Lipinski definition) is 7. The van der Waals surface area contributed by atoms with Crippen LogP contribution >= 0.6 is 0 Å². The average Bonchev–Trinajstić information content (AvgIpc) is 3.33. The molecule has 0 amide bonds. The second-order valence-corrected chi connectivity index (χ2v) is 9.58. The molecule has 2 aromatic heterocycles. The van der Waals surface area contributed by atoms with Gasteiger partial charge in [0.2, 0.25) is 5.65 Å². The number of rotatable bonds is 4. The van der Waals surface area contributed by atoms with Gasteiger partial charge in [0.25, 0.3) is 5.92 Å². The lowest BCUT2D eigenvalue weighted by Crippen LogP contribution is -2.31. The van der Waals surface area contributed by atoms with Crippen LogP contribution in [-0.4, -0.2) is 50.2 Å². The maximum Gasteiger partial charge on any atom is 0.442 e. The van der Waals surface area contributed by atoms with Gasteiger partial charge in [0.1, 0.15) is 5.82 Å². The van der Waals surface area contributed by atoms with Gasteiger partial charge in [-0.2, -0.15) is 18.0 Å². The topological polar surface area (TPSA) is 84.5 Å². The van der Waals surface area contributed by atoms with Gasteiger partial charge >= 0.3 is 11.8 Å². The number of alkyl halides is 5. The molecule has 0 bridgehead atoms. The first-order chi connectivity index (χ1) is 15.8. The molecule has 180 valence electrons. The van der Waals surface area contributed by atoms with Crippen LogP contribution in [0.4, 0.5) is 27.8 Å². The first kappa shape index (κ1) is 22.5. The number of aromatic nitrogens is 5. The fourth-order valence-corrected chi connectivity index (χ4v) is 3.96. The van der Waals surface area contributed by atoms with Crippen LogP contribution in [-0.2, 0) is 17.6 Å². The third kappa shape index (κ3) is 3.76. The highest BCUT2D eigenvalue weighted by molar-refractivity contribution is 5.82. The lowest BCUT2D eigenvalue weighted by Gasteiger charge is -2.21. The molecule has 2 aliphatic rings. The van der Waals surface area contributed by atoms with Gasteiger partial charge in [-0.15, -0.1) is 20.4 Å². The molecule has 2 aliphatic heterocycles. The molecule has 1 fully saturated rings. The Morgan fingerprint density at radius 1 is 1.00 bits per heavy atom. The highest BCUT2D eigenvalue weighted by Gasteiger charge is 2.65. The van der Waals surface area contributed by atoms with E-state index < -0.39 is 29.7 Å². The Kier molecular flexibility index (Phi) is 4.72. The fraction of sp³-hybridized carbons (Fsp3) is 0.524. The SMILES string of the molecule is CC(C)(C)c1nc(N2CCC(F)(F)C2)c2nn(Cc3ccccc3C3(C(F)(F)F)N=N3)nc2n1. The smallest absolute Gasteiger partial charge is 0.348 e. The Bertz CT molecular complexity index is 1280. The Hall–Kier alpha value is -3.25. The van der Waals surface area contributed by atoms with Crippen molar-refractivity contribution < 1.29 is 22.0 Å². The van der Waals surface area contributed by atoms with E-state index in [9.17, 15) is 22.0 Å². The Morgan fingerprint density at radius 3 is 2.29 bits per heavy atom. The van der Waals surface area contributed by atoms with Gasteiger partial charge in [0.15, 0.2) is 11.3 Å². The lowest BCUT2D eigenvalue weighted by molar-refractivity contribution is -0.166. The van der Waals surface area contributed by atoms with Crippen LogP contribution < -0.4 is 4.90 Å². The number of benzene rings is 1. The standard InChI is InChI=1S/C21H21F5N8/c1-18(2,3)17-27-15-14(16(28-17)33-9-8-19(22,23)11-33)29-34(30-15)10-12-6-4-5-7-13(12)20(31-32-20)21(24,25)26/h4-7H,8-11H2,1-3H3. The van der Waals surface area contributed by atoms with Crippen LogP contribution in [0.25, 0.3) is 11.2 Å². The van der Waals surface area contributed by atoms with Gasteiger partial charge in [0, 0.05) is 23.9 Å². The first-order valence-corrected chi connectivity index (χ1v) is 10.6. The molecule has 0 N–H and O–H groups in total. The molecule has 1 saturated heterocycles. The molecular weight excluding hydrogens is 459 g/mol. The van der Waals surface area contributed by atoms with Crippen LogP contribution in [0.1, 0.15) is 44.1 Å². The van der Waals surface area contributed by atoms with Crippen molar-refractivity contribution in [2.24, 2.45) is 10.2 Å². The number of nitrogens with zero attached hydrogens (tertiary/aromatic N) is 8. The second kappa shape index (κ2) is 7.12. The summed E-state index contributed by atoms with van der Waals surface area (Å²) in [5.41, 5.74) is -2.49. The molecule has 0 unspecified atom stereocenters. The van der Waals surface area contributed by atoms with Gasteiger partial charge in [-0.25, -0.2) is 18.7 Å². The molecule has 13 heteroatoms. The summed E-state index contributed by atoms with van der Waals surface area (Å²) in [5.74, 6) is -2.20. The van der Waals surface area contributed by atoms with E-state index in [0.29, 0.717) is 5.82 Å². The summed E-state index contributed by atoms with van der Waals surface area (Å²) < 4.78 is 68.7. The lowest BCUT2D eigenvalue weighted by atomic mass is 9.96. The van der Waals surface area contributed by atoms with E-state index >= 15 is 0 Å². The minimum atomic E-state index is -4.67.